The highest BCUT2D eigenvalue weighted by molar-refractivity contribution is 5.99. The predicted octanol–water partition coefficient (Wildman–Crippen LogP) is 3.53. The number of methoxy groups -OCH3 is 1. The van der Waals surface area contributed by atoms with Crippen LogP contribution in [0.25, 0.3) is 5.57 Å². The first kappa shape index (κ1) is 13.7. The largest absolute Gasteiger partial charge is 0.497 e. The van der Waals surface area contributed by atoms with Gasteiger partial charge in [-0.3, -0.25) is 0 Å². The SMILES string of the molecule is COc1ccc2c(c1)C(C(C)(C)C)=C(C(=O)O)CC2. The van der Waals surface area contributed by atoms with Crippen molar-refractivity contribution < 1.29 is 14.6 Å². The topological polar surface area (TPSA) is 46.5 Å². The molecule has 0 amide bonds. The first-order valence-electron chi connectivity index (χ1n) is 6.49. The van der Waals surface area contributed by atoms with Gasteiger partial charge in [-0.05, 0) is 47.1 Å². The molecule has 0 radical (unpaired) electrons. The standard InChI is InChI=1S/C16H20O3/c1-16(2,3)14-12(15(17)18)8-6-10-5-7-11(19-4)9-13(10)14/h5,7,9H,6,8H2,1-4H3,(H,17,18). The van der Waals surface area contributed by atoms with Gasteiger partial charge in [0, 0.05) is 5.57 Å². The summed E-state index contributed by atoms with van der Waals surface area (Å²) >= 11 is 0. The van der Waals surface area contributed by atoms with Crippen molar-refractivity contribution in [3.63, 3.8) is 0 Å². The van der Waals surface area contributed by atoms with Gasteiger partial charge in [0.05, 0.1) is 7.11 Å². The number of hydrogen-bond donors (Lipinski definition) is 1. The van der Waals surface area contributed by atoms with E-state index in [-0.39, 0.29) is 5.41 Å². The number of hydrogen-bond acceptors (Lipinski definition) is 2. The maximum atomic E-state index is 11.5. The molecule has 2 rings (SSSR count). The number of carbonyl (C=O) groups is 1. The van der Waals surface area contributed by atoms with Gasteiger partial charge in [-0.2, -0.15) is 0 Å². The van der Waals surface area contributed by atoms with Crippen molar-refractivity contribution in [2.24, 2.45) is 5.41 Å². The van der Waals surface area contributed by atoms with Crippen molar-refractivity contribution in [3.05, 3.63) is 34.9 Å². The van der Waals surface area contributed by atoms with Crippen molar-refractivity contribution in [2.45, 2.75) is 33.6 Å². The number of allylic oxidation sites excluding steroid dienone is 1. The summed E-state index contributed by atoms with van der Waals surface area (Å²) in [6.07, 6.45) is 1.38. The maximum absolute atomic E-state index is 11.5. The summed E-state index contributed by atoms with van der Waals surface area (Å²) in [5.41, 5.74) is 3.49. The zero-order valence-corrected chi connectivity index (χ0v) is 11.9. The van der Waals surface area contributed by atoms with Gasteiger partial charge in [0.1, 0.15) is 5.75 Å². The van der Waals surface area contributed by atoms with Gasteiger partial charge in [-0.15, -0.1) is 0 Å². The first-order chi connectivity index (χ1) is 8.84. The lowest BCUT2D eigenvalue weighted by Crippen LogP contribution is -2.20. The minimum atomic E-state index is -0.807. The average molecular weight is 260 g/mol. The Hall–Kier alpha value is -1.77. The van der Waals surface area contributed by atoms with Crippen LogP contribution in [0.1, 0.15) is 38.3 Å². The van der Waals surface area contributed by atoms with Crippen LogP contribution in [0.3, 0.4) is 0 Å². The van der Waals surface area contributed by atoms with Gasteiger partial charge in [0.15, 0.2) is 0 Å². The highest BCUT2D eigenvalue weighted by Gasteiger charge is 2.30. The molecule has 3 nitrogen and oxygen atoms in total. The van der Waals surface area contributed by atoms with E-state index in [9.17, 15) is 9.90 Å². The highest BCUT2D eigenvalue weighted by Crippen LogP contribution is 2.43. The van der Waals surface area contributed by atoms with E-state index >= 15 is 0 Å². The van der Waals surface area contributed by atoms with Crippen molar-refractivity contribution >= 4 is 11.5 Å². The Morgan fingerprint density at radius 2 is 1.95 bits per heavy atom. The zero-order chi connectivity index (χ0) is 14.2. The summed E-state index contributed by atoms with van der Waals surface area (Å²) in [4.78, 5) is 11.5. The normalized spacial score (nSPS) is 15.2. The lowest BCUT2D eigenvalue weighted by molar-refractivity contribution is -0.132. The molecule has 0 fully saturated rings. The monoisotopic (exact) mass is 260 g/mol. The molecule has 1 N–H and O–H groups in total. The van der Waals surface area contributed by atoms with Crippen molar-refractivity contribution in [1.82, 2.24) is 0 Å². The summed E-state index contributed by atoms with van der Waals surface area (Å²) in [6, 6.07) is 5.93. The Kier molecular flexibility index (Phi) is 3.40. The maximum Gasteiger partial charge on any atom is 0.331 e. The Balaban J connectivity index is 2.70. The Morgan fingerprint density at radius 3 is 2.47 bits per heavy atom. The Labute approximate surface area is 113 Å². The van der Waals surface area contributed by atoms with Gasteiger partial charge < -0.3 is 9.84 Å². The molecule has 3 heteroatoms. The predicted molar refractivity (Wildman–Crippen MR) is 75.3 cm³/mol. The molecule has 0 saturated carbocycles. The van der Waals surface area contributed by atoms with Gasteiger partial charge in [-0.1, -0.05) is 26.8 Å². The number of fused-ring (bicyclic) bond motifs is 1. The van der Waals surface area contributed by atoms with E-state index in [1.165, 1.54) is 5.56 Å². The number of carboxylic acid groups (broad SMARTS) is 1. The molecule has 0 unspecified atom stereocenters. The van der Waals surface area contributed by atoms with E-state index in [1.807, 2.05) is 18.2 Å². The van der Waals surface area contributed by atoms with Crippen LogP contribution in [0.15, 0.2) is 23.8 Å². The van der Waals surface area contributed by atoms with Gasteiger partial charge in [-0.25, -0.2) is 4.79 Å². The van der Waals surface area contributed by atoms with E-state index in [0.29, 0.717) is 12.0 Å². The molecular formula is C16H20O3. The van der Waals surface area contributed by atoms with E-state index in [0.717, 1.165) is 23.3 Å². The summed E-state index contributed by atoms with van der Waals surface area (Å²) in [7, 11) is 1.63. The Morgan fingerprint density at radius 1 is 1.26 bits per heavy atom. The molecule has 0 aromatic heterocycles. The average Bonchev–Trinajstić information content (AvgIpc) is 2.35. The number of rotatable bonds is 2. The van der Waals surface area contributed by atoms with Crippen molar-refractivity contribution in [1.29, 1.82) is 0 Å². The minimum Gasteiger partial charge on any atom is -0.497 e. The molecule has 1 aliphatic rings. The second-order valence-corrected chi connectivity index (χ2v) is 5.93. The molecule has 0 aliphatic heterocycles. The van der Waals surface area contributed by atoms with Crippen LogP contribution in [0.5, 0.6) is 5.75 Å². The number of benzene rings is 1. The molecule has 0 bridgehead atoms. The van der Waals surface area contributed by atoms with Crippen LogP contribution < -0.4 is 4.74 Å². The van der Waals surface area contributed by atoms with Gasteiger partial charge in [0.2, 0.25) is 0 Å². The fraction of sp³-hybridized carbons (Fsp3) is 0.438. The van der Waals surface area contributed by atoms with E-state index in [4.69, 9.17) is 4.74 Å². The lowest BCUT2D eigenvalue weighted by Gasteiger charge is -2.31. The van der Waals surface area contributed by atoms with Crippen molar-refractivity contribution in [3.8, 4) is 5.75 Å². The number of aliphatic carboxylic acids is 1. The van der Waals surface area contributed by atoms with Gasteiger partial charge in [0.25, 0.3) is 0 Å². The third-order valence-electron chi connectivity index (χ3n) is 3.54. The van der Waals surface area contributed by atoms with Crippen LogP contribution in [0, 0.1) is 5.41 Å². The number of aryl methyl sites for hydroxylation is 1. The smallest absolute Gasteiger partial charge is 0.331 e. The quantitative estimate of drug-likeness (QED) is 0.885. The molecule has 1 aromatic carbocycles. The number of ether oxygens (including phenoxy) is 1. The van der Waals surface area contributed by atoms with Crippen molar-refractivity contribution in [2.75, 3.05) is 7.11 Å². The highest BCUT2D eigenvalue weighted by atomic mass is 16.5. The van der Waals surface area contributed by atoms with Crippen LogP contribution in [-0.4, -0.2) is 18.2 Å². The van der Waals surface area contributed by atoms with Gasteiger partial charge >= 0.3 is 5.97 Å². The minimum absolute atomic E-state index is 0.199. The number of carboxylic acids is 1. The lowest BCUT2D eigenvalue weighted by atomic mass is 9.73. The first-order valence-corrected chi connectivity index (χ1v) is 6.49. The fourth-order valence-corrected chi connectivity index (χ4v) is 2.75. The van der Waals surface area contributed by atoms with Crippen LogP contribution in [0.4, 0.5) is 0 Å². The van der Waals surface area contributed by atoms with Crippen LogP contribution in [-0.2, 0) is 11.2 Å². The molecule has 0 saturated heterocycles. The second-order valence-electron chi connectivity index (χ2n) is 5.93. The molecule has 1 aliphatic carbocycles. The molecule has 0 spiro atoms. The van der Waals surface area contributed by atoms with Crippen LogP contribution >= 0.6 is 0 Å². The zero-order valence-electron chi connectivity index (χ0n) is 11.9. The molecule has 19 heavy (non-hydrogen) atoms. The third kappa shape index (κ3) is 2.50. The van der Waals surface area contributed by atoms with E-state index in [2.05, 4.69) is 20.8 Å². The Bertz CT molecular complexity index is 548. The summed E-state index contributed by atoms with van der Waals surface area (Å²) < 4.78 is 5.27. The molecule has 0 atom stereocenters. The van der Waals surface area contributed by atoms with E-state index in [1.54, 1.807) is 7.11 Å². The molecule has 0 heterocycles. The van der Waals surface area contributed by atoms with Crippen LogP contribution in [0.2, 0.25) is 0 Å². The molecule has 102 valence electrons. The second kappa shape index (κ2) is 4.72. The molecule has 1 aromatic rings. The fourth-order valence-electron chi connectivity index (χ4n) is 2.75. The van der Waals surface area contributed by atoms with E-state index < -0.39 is 5.97 Å². The third-order valence-corrected chi connectivity index (χ3v) is 3.54. The summed E-state index contributed by atoms with van der Waals surface area (Å²) in [5.74, 6) is -0.0365. The molecular weight excluding hydrogens is 240 g/mol. The summed E-state index contributed by atoms with van der Waals surface area (Å²) in [6.45, 7) is 6.17. The summed E-state index contributed by atoms with van der Waals surface area (Å²) in [5, 5.41) is 9.43.